The molecule has 2 aromatic rings. The van der Waals surface area contributed by atoms with Gasteiger partial charge in [-0.2, -0.15) is 0 Å². The summed E-state index contributed by atoms with van der Waals surface area (Å²) in [6.07, 6.45) is 2.29. The van der Waals surface area contributed by atoms with Crippen molar-refractivity contribution in [3.63, 3.8) is 0 Å². The summed E-state index contributed by atoms with van der Waals surface area (Å²) < 4.78 is 0. The number of amides is 2. The van der Waals surface area contributed by atoms with Crippen LogP contribution in [0.4, 0.5) is 0 Å². The minimum Gasteiger partial charge on any atom is -0.348 e. The fraction of sp³-hybridized carbons (Fsp3) is 0.333. The summed E-state index contributed by atoms with van der Waals surface area (Å²) in [6, 6.07) is 11.0. The van der Waals surface area contributed by atoms with E-state index in [1.807, 2.05) is 23.6 Å². The number of benzene rings is 1. The van der Waals surface area contributed by atoms with E-state index < -0.39 is 0 Å². The molecule has 0 saturated heterocycles. The minimum atomic E-state index is -0.0912. The Bertz CT molecular complexity index is 694. The first-order valence-corrected chi connectivity index (χ1v) is 8.97. The zero-order valence-corrected chi connectivity index (χ0v) is 14.1. The standard InChI is InChI=1S/C18H21N3O2S/c19-10-15(13-7-8-13)21-17(22)14-5-3-12(4-6-14)11-20-18(23)16-2-1-9-24-16/h1-6,9,13,15H,7-8,10-11,19H2,(H,20,23)(H,21,22). The first-order chi connectivity index (χ1) is 11.7. The Morgan fingerprint density at radius 3 is 2.50 bits per heavy atom. The van der Waals surface area contributed by atoms with Crippen LogP contribution in [-0.2, 0) is 6.54 Å². The molecule has 0 bridgehead atoms. The van der Waals surface area contributed by atoms with Crippen molar-refractivity contribution in [2.75, 3.05) is 6.54 Å². The predicted octanol–water partition coefficient (Wildman–Crippen LogP) is 2.15. The van der Waals surface area contributed by atoms with E-state index in [4.69, 9.17) is 5.73 Å². The maximum Gasteiger partial charge on any atom is 0.261 e. The monoisotopic (exact) mass is 343 g/mol. The van der Waals surface area contributed by atoms with E-state index in [0.717, 1.165) is 18.4 Å². The normalized spacial score (nSPS) is 14.9. The van der Waals surface area contributed by atoms with Crippen molar-refractivity contribution in [3.8, 4) is 0 Å². The van der Waals surface area contributed by atoms with Crippen LogP contribution in [0.3, 0.4) is 0 Å². The Labute approximate surface area is 145 Å². The molecule has 1 aliphatic carbocycles. The second-order valence-electron chi connectivity index (χ2n) is 6.01. The number of carbonyl (C=O) groups is 2. The third-order valence-electron chi connectivity index (χ3n) is 4.18. The molecule has 126 valence electrons. The Morgan fingerprint density at radius 1 is 1.17 bits per heavy atom. The van der Waals surface area contributed by atoms with Crippen LogP contribution < -0.4 is 16.4 Å². The number of nitrogens with one attached hydrogen (secondary N) is 2. The Hall–Kier alpha value is -2.18. The van der Waals surface area contributed by atoms with E-state index >= 15 is 0 Å². The van der Waals surface area contributed by atoms with Gasteiger partial charge < -0.3 is 16.4 Å². The second-order valence-corrected chi connectivity index (χ2v) is 6.96. The number of hydrogen-bond donors (Lipinski definition) is 3. The summed E-state index contributed by atoms with van der Waals surface area (Å²) in [5.41, 5.74) is 7.28. The van der Waals surface area contributed by atoms with Crippen LogP contribution in [0.2, 0.25) is 0 Å². The highest BCUT2D eigenvalue weighted by atomic mass is 32.1. The molecule has 0 aliphatic heterocycles. The van der Waals surface area contributed by atoms with E-state index in [-0.39, 0.29) is 17.9 Å². The van der Waals surface area contributed by atoms with Gasteiger partial charge in [0, 0.05) is 24.7 Å². The molecule has 5 nitrogen and oxygen atoms in total. The number of thiophene rings is 1. The molecule has 6 heteroatoms. The fourth-order valence-electron chi connectivity index (χ4n) is 2.57. The van der Waals surface area contributed by atoms with Gasteiger partial charge in [0.1, 0.15) is 0 Å². The molecule has 2 amide bonds. The zero-order chi connectivity index (χ0) is 16.9. The molecule has 24 heavy (non-hydrogen) atoms. The van der Waals surface area contributed by atoms with Gasteiger partial charge in [-0.25, -0.2) is 0 Å². The molecule has 1 aromatic carbocycles. The first kappa shape index (κ1) is 16.7. The highest BCUT2D eigenvalue weighted by Gasteiger charge is 2.31. The molecule has 1 atom stereocenters. The molecule has 1 heterocycles. The Kier molecular flexibility index (Phi) is 5.27. The van der Waals surface area contributed by atoms with Crippen molar-refractivity contribution in [1.82, 2.24) is 10.6 Å². The lowest BCUT2D eigenvalue weighted by Crippen LogP contribution is -2.41. The molecular weight excluding hydrogens is 322 g/mol. The highest BCUT2D eigenvalue weighted by Crippen LogP contribution is 2.32. The third-order valence-corrected chi connectivity index (χ3v) is 5.04. The van der Waals surface area contributed by atoms with E-state index in [1.54, 1.807) is 18.2 Å². The van der Waals surface area contributed by atoms with Gasteiger partial charge in [0.05, 0.1) is 4.88 Å². The van der Waals surface area contributed by atoms with Crippen LogP contribution in [0.15, 0.2) is 41.8 Å². The lowest BCUT2D eigenvalue weighted by Gasteiger charge is -2.16. The van der Waals surface area contributed by atoms with Crippen LogP contribution in [-0.4, -0.2) is 24.4 Å². The van der Waals surface area contributed by atoms with Crippen LogP contribution in [0, 0.1) is 5.92 Å². The van der Waals surface area contributed by atoms with Gasteiger partial charge in [-0.3, -0.25) is 9.59 Å². The van der Waals surface area contributed by atoms with Crippen LogP contribution in [0.1, 0.15) is 38.4 Å². The average molecular weight is 343 g/mol. The predicted molar refractivity (Wildman–Crippen MR) is 95.0 cm³/mol. The molecule has 1 aliphatic rings. The van der Waals surface area contributed by atoms with Crippen molar-refractivity contribution in [3.05, 3.63) is 57.8 Å². The average Bonchev–Trinajstić information content (AvgIpc) is 3.30. The van der Waals surface area contributed by atoms with Crippen LogP contribution in [0.25, 0.3) is 0 Å². The molecule has 4 N–H and O–H groups in total. The van der Waals surface area contributed by atoms with Crippen molar-refractivity contribution >= 4 is 23.2 Å². The third kappa shape index (κ3) is 4.21. The highest BCUT2D eigenvalue weighted by molar-refractivity contribution is 7.12. The number of hydrogen-bond acceptors (Lipinski definition) is 4. The van der Waals surface area contributed by atoms with Crippen molar-refractivity contribution in [2.45, 2.75) is 25.4 Å². The van der Waals surface area contributed by atoms with Gasteiger partial charge in [0.15, 0.2) is 0 Å². The summed E-state index contributed by atoms with van der Waals surface area (Å²) in [7, 11) is 0. The fourth-order valence-corrected chi connectivity index (χ4v) is 3.21. The largest absolute Gasteiger partial charge is 0.348 e. The topological polar surface area (TPSA) is 84.2 Å². The van der Waals surface area contributed by atoms with Gasteiger partial charge in [0.2, 0.25) is 0 Å². The SMILES string of the molecule is NCC(NC(=O)c1ccc(CNC(=O)c2cccs2)cc1)C1CC1. The van der Waals surface area contributed by atoms with Crippen LogP contribution >= 0.6 is 11.3 Å². The molecule has 3 rings (SSSR count). The van der Waals surface area contributed by atoms with Gasteiger partial charge in [-0.1, -0.05) is 18.2 Å². The molecule has 1 aromatic heterocycles. The van der Waals surface area contributed by atoms with Gasteiger partial charge in [0.25, 0.3) is 11.8 Å². The second kappa shape index (κ2) is 7.59. The number of nitrogens with two attached hydrogens (primary N) is 1. The van der Waals surface area contributed by atoms with Gasteiger partial charge in [-0.05, 0) is 47.9 Å². The minimum absolute atomic E-state index is 0.0715. The van der Waals surface area contributed by atoms with Crippen molar-refractivity contribution < 1.29 is 9.59 Å². The molecule has 1 fully saturated rings. The summed E-state index contributed by atoms with van der Waals surface area (Å²) in [5.74, 6) is 0.360. The van der Waals surface area contributed by atoms with E-state index in [0.29, 0.717) is 29.4 Å². The summed E-state index contributed by atoms with van der Waals surface area (Å²) >= 11 is 1.41. The quantitative estimate of drug-likeness (QED) is 0.720. The van der Waals surface area contributed by atoms with E-state index in [2.05, 4.69) is 10.6 Å². The molecular formula is C18H21N3O2S. The smallest absolute Gasteiger partial charge is 0.261 e. The maximum absolute atomic E-state index is 12.2. The van der Waals surface area contributed by atoms with E-state index in [9.17, 15) is 9.59 Å². The summed E-state index contributed by atoms with van der Waals surface area (Å²) in [6.45, 7) is 0.912. The molecule has 0 radical (unpaired) electrons. The molecule has 1 saturated carbocycles. The maximum atomic E-state index is 12.2. The van der Waals surface area contributed by atoms with Gasteiger partial charge in [-0.15, -0.1) is 11.3 Å². The lowest BCUT2D eigenvalue weighted by molar-refractivity contribution is 0.0930. The first-order valence-electron chi connectivity index (χ1n) is 8.09. The number of carbonyl (C=O) groups excluding carboxylic acids is 2. The lowest BCUT2D eigenvalue weighted by atomic mass is 10.1. The van der Waals surface area contributed by atoms with E-state index in [1.165, 1.54) is 11.3 Å². The zero-order valence-electron chi connectivity index (χ0n) is 13.3. The van der Waals surface area contributed by atoms with Crippen molar-refractivity contribution in [2.24, 2.45) is 11.7 Å². The Morgan fingerprint density at radius 2 is 1.92 bits per heavy atom. The molecule has 1 unspecified atom stereocenters. The number of rotatable bonds is 7. The molecule has 0 spiro atoms. The summed E-state index contributed by atoms with van der Waals surface area (Å²) in [5, 5.41) is 7.74. The van der Waals surface area contributed by atoms with Crippen molar-refractivity contribution in [1.29, 1.82) is 0 Å². The van der Waals surface area contributed by atoms with Gasteiger partial charge >= 0.3 is 0 Å². The van der Waals surface area contributed by atoms with Crippen LogP contribution in [0.5, 0.6) is 0 Å². The Balaban J connectivity index is 1.53. The summed E-state index contributed by atoms with van der Waals surface area (Å²) in [4.78, 5) is 24.8.